The molecule has 11 aromatic rings. The van der Waals surface area contributed by atoms with Crippen LogP contribution in [0.4, 0.5) is 0 Å². The van der Waals surface area contributed by atoms with E-state index in [4.69, 9.17) is 15.0 Å². The molecule has 8 nitrogen and oxygen atoms in total. The number of para-hydroxylation sites is 2. The van der Waals surface area contributed by atoms with Crippen molar-refractivity contribution in [2.75, 3.05) is 0 Å². The fourth-order valence-corrected chi connectivity index (χ4v) is 14.4. The van der Waals surface area contributed by atoms with Gasteiger partial charge in [0.15, 0.2) is 0 Å². The highest BCUT2D eigenvalue weighted by atomic mass is 28.3. The van der Waals surface area contributed by atoms with Crippen LogP contribution in [0.3, 0.4) is 0 Å². The number of nitrogens with zero attached hydrogens (tertiary/aromatic N) is 8. The zero-order valence-electron chi connectivity index (χ0n) is 34.4. The predicted molar refractivity (Wildman–Crippen MR) is 257 cm³/mol. The second-order valence-electron chi connectivity index (χ2n) is 15.9. The lowest BCUT2D eigenvalue weighted by atomic mass is 10.0. The first kappa shape index (κ1) is 37.2. The minimum atomic E-state index is -3.19. The molecule has 0 saturated heterocycles. The lowest BCUT2D eigenvalue weighted by molar-refractivity contribution is 1.23. The van der Waals surface area contributed by atoms with E-state index < -0.39 is 8.24 Å². The third kappa shape index (κ3) is 6.25. The van der Waals surface area contributed by atoms with Gasteiger partial charge in [0.25, 0.3) is 8.24 Å². The van der Waals surface area contributed by atoms with E-state index in [1.165, 1.54) is 15.6 Å². The first-order valence-electron chi connectivity index (χ1n) is 21.2. The fourth-order valence-electron chi connectivity index (χ4n) is 9.30. The second-order valence-corrected chi connectivity index (χ2v) is 19.5. The summed E-state index contributed by atoms with van der Waals surface area (Å²) in [6.07, 6.45) is 14.6. The maximum atomic E-state index is 5.38. The van der Waals surface area contributed by atoms with Gasteiger partial charge in [0.2, 0.25) is 0 Å². The number of benzene rings is 4. The van der Waals surface area contributed by atoms with Gasteiger partial charge in [-0.15, -0.1) is 0 Å². The molecule has 1 unspecified atom stereocenters. The number of pyridine rings is 6. The molecule has 1 atom stereocenters. The van der Waals surface area contributed by atoms with Gasteiger partial charge in [0.05, 0.1) is 33.8 Å². The summed E-state index contributed by atoms with van der Waals surface area (Å²) < 4.78 is 2.59. The topological polar surface area (TPSA) is 95.2 Å². The molecular formula is C55H36N8Si. The molecule has 7 aromatic heterocycles. The highest BCUT2D eigenvalue weighted by molar-refractivity contribution is 7.12. The number of hydrogen-bond acceptors (Lipinski definition) is 7. The van der Waals surface area contributed by atoms with E-state index in [-0.39, 0.29) is 0 Å². The Hall–Kier alpha value is -8.53. The average molecular weight is 837 g/mol. The van der Waals surface area contributed by atoms with E-state index in [9.17, 15) is 0 Å². The van der Waals surface area contributed by atoms with E-state index in [0.717, 1.165) is 89.7 Å². The van der Waals surface area contributed by atoms with Crippen LogP contribution in [0.15, 0.2) is 219 Å². The number of imidazole rings is 1. The Balaban J connectivity index is 1.11. The van der Waals surface area contributed by atoms with Crippen LogP contribution < -0.4 is 15.6 Å². The molecule has 0 spiro atoms. The first-order chi connectivity index (χ1) is 31.7. The van der Waals surface area contributed by atoms with E-state index in [0.29, 0.717) is 0 Å². The molecular weight excluding hydrogens is 801 g/mol. The van der Waals surface area contributed by atoms with Crippen LogP contribution in [0, 0.1) is 0 Å². The van der Waals surface area contributed by atoms with Gasteiger partial charge >= 0.3 is 0 Å². The molecule has 300 valence electrons. The molecule has 0 amide bonds. The highest BCUT2D eigenvalue weighted by Gasteiger charge is 2.51. The van der Waals surface area contributed by atoms with E-state index in [1.807, 2.05) is 61.3 Å². The van der Waals surface area contributed by atoms with Gasteiger partial charge in [-0.2, -0.15) is 0 Å². The van der Waals surface area contributed by atoms with Gasteiger partial charge in [0.1, 0.15) is 5.82 Å². The molecule has 9 heteroatoms. The fraction of sp³-hybridized carbons (Fsp3) is 0. The lowest BCUT2D eigenvalue weighted by Gasteiger charge is -2.33. The molecule has 1 aliphatic heterocycles. The van der Waals surface area contributed by atoms with Crippen molar-refractivity contribution >= 4 is 34.8 Å². The maximum absolute atomic E-state index is 5.38. The molecule has 12 rings (SSSR count). The van der Waals surface area contributed by atoms with Crippen LogP contribution in [-0.4, -0.2) is 47.4 Å². The molecule has 8 heterocycles. The van der Waals surface area contributed by atoms with Crippen LogP contribution in [-0.2, 0) is 0 Å². The minimum Gasteiger partial charge on any atom is -0.339 e. The number of hydrogen-bond donors (Lipinski definition) is 0. The van der Waals surface area contributed by atoms with Crippen molar-refractivity contribution in [3.8, 4) is 78.7 Å². The summed E-state index contributed by atoms with van der Waals surface area (Å²) in [6, 6.07) is 60.5. The van der Waals surface area contributed by atoms with Crippen molar-refractivity contribution in [3.05, 3.63) is 219 Å². The zero-order valence-corrected chi connectivity index (χ0v) is 35.4. The molecule has 0 saturated carbocycles. The van der Waals surface area contributed by atoms with Gasteiger partial charge < -0.3 is 4.23 Å². The molecule has 64 heavy (non-hydrogen) atoms. The monoisotopic (exact) mass is 836 g/mol. The van der Waals surface area contributed by atoms with Crippen LogP contribution in [0.1, 0.15) is 0 Å². The summed E-state index contributed by atoms with van der Waals surface area (Å²) in [4.78, 5) is 33.3. The van der Waals surface area contributed by atoms with Gasteiger partial charge in [-0.1, -0.05) is 84.9 Å². The Morgan fingerprint density at radius 1 is 0.344 bits per heavy atom. The van der Waals surface area contributed by atoms with Crippen LogP contribution in [0.25, 0.3) is 89.7 Å². The van der Waals surface area contributed by atoms with E-state index >= 15 is 0 Å². The Bertz CT molecular complexity index is 3220. The number of aromatic nitrogens is 8. The summed E-state index contributed by atoms with van der Waals surface area (Å²) >= 11 is 0. The van der Waals surface area contributed by atoms with E-state index in [1.54, 1.807) is 18.6 Å². The van der Waals surface area contributed by atoms with Gasteiger partial charge in [-0.3, -0.25) is 19.9 Å². The van der Waals surface area contributed by atoms with Crippen LogP contribution >= 0.6 is 0 Å². The Morgan fingerprint density at radius 3 is 1.39 bits per heavy atom. The predicted octanol–water partition coefficient (Wildman–Crippen LogP) is 9.90. The SMILES string of the molecule is c1cncc(-c2cc(-c3cccc([Si]4(c5cccc(-c6cc(-c7cccnc7)nc(-c7cccnc7)c6)c5)c5ccccc5-c5nc6ccccc6n54)c3)cc(-c3ccncc3)n2)c1. The van der Waals surface area contributed by atoms with Crippen molar-refractivity contribution < 1.29 is 0 Å². The summed E-state index contributed by atoms with van der Waals surface area (Å²) in [7, 11) is -3.19. The van der Waals surface area contributed by atoms with Crippen molar-refractivity contribution in [2.24, 2.45) is 0 Å². The third-order valence-electron chi connectivity index (χ3n) is 12.2. The second kappa shape index (κ2) is 15.4. The normalized spacial score (nSPS) is 14.0. The van der Waals surface area contributed by atoms with Crippen LogP contribution in [0.5, 0.6) is 0 Å². The maximum Gasteiger partial charge on any atom is 0.259 e. The smallest absolute Gasteiger partial charge is 0.259 e. The Morgan fingerprint density at radius 2 is 0.844 bits per heavy atom. The molecule has 0 N–H and O–H groups in total. The van der Waals surface area contributed by atoms with Gasteiger partial charge in [0, 0.05) is 77.4 Å². The quantitative estimate of drug-likeness (QED) is 0.141. The molecule has 0 radical (unpaired) electrons. The standard InChI is InChI=1S/C55H36N8Si/c1-4-20-54-47(17-1)55-62-48-18-2-3-19-53(48)63(55)64(54,45-15-5-10-38(28-45)43-30-49(37-21-26-56-27-22-37)60-50(31-43)40-12-7-23-57-34-40)46-16-6-11-39(29-46)44-32-51(41-13-8-24-58-35-41)61-52(33-44)42-14-9-25-59-36-42/h1-36H. The first-order valence-corrected chi connectivity index (χ1v) is 23.1. The summed E-state index contributed by atoms with van der Waals surface area (Å²) in [5, 5.41) is 3.77. The number of fused-ring (bicyclic) bond motifs is 5. The Labute approximate surface area is 370 Å². The largest absolute Gasteiger partial charge is 0.339 e. The number of rotatable bonds is 8. The zero-order chi connectivity index (χ0) is 42.5. The van der Waals surface area contributed by atoms with Crippen molar-refractivity contribution in [1.29, 1.82) is 0 Å². The van der Waals surface area contributed by atoms with Crippen molar-refractivity contribution in [3.63, 3.8) is 0 Å². The molecule has 1 aliphatic rings. The summed E-state index contributed by atoms with van der Waals surface area (Å²) in [5.74, 6) is 0.989. The Kier molecular flexibility index (Phi) is 8.98. The minimum absolute atomic E-state index is 0.845. The molecule has 4 aromatic carbocycles. The molecule has 0 aliphatic carbocycles. The van der Waals surface area contributed by atoms with Gasteiger partial charge in [-0.25, -0.2) is 15.0 Å². The molecule has 0 fully saturated rings. The third-order valence-corrected chi connectivity index (χ3v) is 16.8. The highest BCUT2D eigenvalue weighted by Crippen LogP contribution is 2.37. The van der Waals surface area contributed by atoms with Crippen molar-refractivity contribution in [2.45, 2.75) is 0 Å². The average Bonchev–Trinajstić information content (AvgIpc) is 3.91. The summed E-state index contributed by atoms with van der Waals surface area (Å²) in [6.45, 7) is 0. The van der Waals surface area contributed by atoms with Gasteiger partial charge in [-0.05, 0) is 123 Å². The van der Waals surface area contributed by atoms with Crippen LogP contribution in [0.2, 0.25) is 0 Å². The summed E-state index contributed by atoms with van der Waals surface area (Å²) in [5.41, 5.74) is 14.8. The lowest BCUT2D eigenvalue weighted by Crippen LogP contribution is -2.70. The van der Waals surface area contributed by atoms with Crippen molar-refractivity contribution in [1.82, 2.24) is 39.1 Å². The molecule has 0 bridgehead atoms. The van der Waals surface area contributed by atoms with E-state index in [2.05, 4.69) is 164 Å².